The highest BCUT2D eigenvalue weighted by molar-refractivity contribution is 5.99. The van der Waals surface area contributed by atoms with Crippen molar-refractivity contribution in [2.45, 2.75) is 12.8 Å². The van der Waals surface area contributed by atoms with Crippen LogP contribution in [0.1, 0.15) is 18.4 Å². The number of hydrogen-bond donors (Lipinski definition) is 1. The summed E-state index contributed by atoms with van der Waals surface area (Å²) >= 11 is 0. The highest BCUT2D eigenvalue weighted by Crippen LogP contribution is 2.31. The lowest BCUT2D eigenvalue weighted by Crippen LogP contribution is -2.42. The number of benzene rings is 2. The summed E-state index contributed by atoms with van der Waals surface area (Å²) in [5.41, 5.74) is 6.56. The zero-order chi connectivity index (χ0) is 31.5. The van der Waals surface area contributed by atoms with Crippen molar-refractivity contribution in [3.05, 3.63) is 97.1 Å². The van der Waals surface area contributed by atoms with E-state index in [4.69, 9.17) is 4.84 Å². The van der Waals surface area contributed by atoms with Gasteiger partial charge in [0.2, 0.25) is 5.91 Å². The fraction of sp³-hybridized carbons (Fsp3) is 0.257. The Labute approximate surface area is 266 Å². The maximum Gasteiger partial charge on any atom is 0.255 e. The number of hydroxylamine groups is 1. The second-order valence-electron chi connectivity index (χ2n) is 11.5. The van der Waals surface area contributed by atoms with Crippen LogP contribution in [0.25, 0.3) is 39.1 Å². The summed E-state index contributed by atoms with van der Waals surface area (Å²) in [5, 5.41) is 9.78. The molecule has 2 aliphatic heterocycles. The molecular formula is C35H34N8O3. The zero-order valence-electron chi connectivity index (χ0n) is 25.5. The minimum absolute atomic E-state index is 0.0811. The molecule has 0 radical (unpaired) electrons. The number of nitrogens with zero attached hydrogens (tertiary/aromatic N) is 7. The summed E-state index contributed by atoms with van der Waals surface area (Å²) in [7, 11) is 1.50. The van der Waals surface area contributed by atoms with Gasteiger partial charge >= 0.3 is 0 Å². The Morgan fingerprint density at radius 3 is 2.48 bits per heavy atom. The summed E-state index contributed by atoms with van der Waals surface area (Å²) in [6.45, 7) is 2.72. The molecule has 1 atom stereocenters. The van der Waals surface area contributed by atoms with Crippen molar-refractivity contribution in [3.8, 4) is 22.6 Å². The van der Waals surface area contributed by atoms with Gasteiger partial charge in [-0.2, -0.15) is 10.2 Å². The number of aromatic nitrogens is 5. The van der Waals surface area contributed by atoms with Crippen molar-refractivity contribution in [1.82, 2.24) is 34.9 Å². The molecule has 1 N–H and O–H groups in total. The molecule has 0 spiro atoms. The molecule has 0 aliphatic carbocycles. The Balaban J connectivity index is 0.954. The number of carbonyl (C=O) groups is 2. The molecule has 1 unspecified atom stereocenters. The molecule has 0 bridgehead atoms. The van der Waals surface area contributed by atoms with E-state index < -0.39 is 0 Å². The van der Waals surface area contributed by atoms with Crippen LogP contribution in [-0.2, 0) is 14.4 Å². The third kappa shape index (κ3) is 6.02. The zero-order valence-corrected chi connectivity index (χ0v) is 25.5. The van der Waals surface area contributed by atoms with Gasteiger partial charge in [0, 0.05) is 60.9 Å². The van der Waals surface area contributed by atoms with Crippen molar-refractivity contribution in [2.24, 2.45) is 5.92 Å². The highest BCUT2D eigenvalue weighted by Gasteiger charge is 2.34. The molecule has 0 saturated carbocycles. The molecule has 2 aromatic carbocycles. The van der Waals surface area contributed by atoms with Crippen molar-refractivity contribution >= 4 is 34.0 Å². The van der Waals surface area contributed by atoms with Crippen LogP contribution in [0.3, 0.4) is 0 Å². The maximum atomic E-state index is 13.6. The number of carbonyl (C=O) groups excluding carboxylic acids is 2. The van der Waals surface area contributed by atoms with Gasteiger partial charge in [-0.1, -0.05) is 30.3 Å². The number of anilines is 1. The van der Waals surface area contributed by atoms with E-state index in [1.807, 2.05) is 47.4 Å². The number of rotatable bonds is 8. The number of aromatic amines is 1. The summed E-state index contributed by atoms with van der Waals surface area (Å²) in [6.07, 6.45) is 10.5. The largest absolute Gasteiger partial charge is 0.338 e. The van der Waals surface area contributed by atoms with Gasteiger partial charge in [-0.25, -0.2) is 9.97 Å². The summed E-state index contributed by atoms with van der Waals surface area (Å²) in [6, 6.07) is 19.5. The van der Waals surface area contributed by atoms with Gasteiger partial charge < -0.3 is 4.90 Å². The maximum absolute atomic E-state index is 13.6. The van der Waals surface area contributed by atoms with E-state index in [-0.39, 0.29) is 17.7 Å². The molecular weight excluding hydrogens is 580 g/mol. The first kappa shape index (κ1) is 29.5. The molecule has 46 heavy (non-hydrogen) atoms. The van der Waals surface area contributed by atoms with Crippen LogP contribution >= 0.6 is 0 Å². The van der Waals surface area contributed by atoms with Crippen LogP contribution in [0, 0.1) is 5.92 Å². The van der Waals surface area contributed by atoms with Gasteiger partial charge in [-0.3, -0.25) is 29.4 Å². The van der Waals surface area contributed by atoms with Crippen LogP contribution in [0.2, 0.25) is 0 Å². The number of H-pyrrole nitrogens is 1. The number of hydrogen-bond acceptors (Lipinski definition) is 8. The van der Waals surface area contributed by atoms with Crippen LogP contribution in [0.15, 0.2) is 91.5 Å². The summed E-state index contributed by atoms with van der Waals surface area (Å²) < 4.78 is 0. The fourth-order valence-corrected chi connectivity index (χ4v) is 6.26. The van der Waals surface area contributed by atoms with Crippen LogP contribution in [-0.4, -0.2) is 86.6 Å². The van der Waals surface area contributed by atoms with Crippen LogP contribution in [0.5, 0.6) is 0 Å². The first-order valence-corrected chi connectivity index (χ1v) is 15.4. The Morgan fingerprint density at radius 1 is 0.957 bits per heavy atom. The highest BCUT2D eigenvalue weighted by atomic mass is 16.7. The van der Waals surface area contributed by atoms with Crippen molar-refractivity contribution in [2.75, 3.05) is 44.9 Å². The Bertz CT molecular complexity index is 1880. The molecule has 3 aromatic heterocycles. The van der Waals surface area contributed by atoms with E-state index in [0.717, 1.165) is 39.7 Å². The lowest BCUT2D eigenvalue weighted by molar-refractivity contribution is -0.132. The van der Waals surface area contributed by atoms with E-state index in [1.54, 1.807) is 30.9 Å². The van der Waals surface area contributed by atoms with E-state index in [9.17, 15) is 9.59 Å². The van der Waals surface area contributed by atoms with Gasteiger partial charge in [-0.05, 0) is 66.9 Å². The quantitative estimate of drug-likeness (QED) is 0.252. The predicted octanol–water partition coefficient (Wildman–Crippen LogP) is 4.61. The predicted molar refractivity (Wildman–Crippen MR) is 175 cm³/mol. The number of likely N-dealkylation sites (tertiary alicyclic amines) is 1. The number of pyridine rings is 1. The molecule has 2 aliphatic rings. The van der Waals surface area contributed by atoms with Crippen LogP contribution in [0.4, 0.5) is 5.69 Å². The van der Waals surface area contributed by atoms with Gasteiger partial charge in [0.05, 0.1) is 30.8 Å². The molecule has 2 amide bonds. The van der Waals surface area contributed by atoms with E-state index in [0.29, 0.717) is 50.7 Å². The monoisotopic (exact) mass is 614 g/mol. The normalized spacial score (nSPS) is 16.8. The first-order valence-electron chi connectivity index (χ1n) is 15.4. The number of fused-ring (bicyclic) bond motifs is 1. The average molecular weight is 615 g/mol. The minimum Gasteiger partial charge on any atom is -0.338 e. The van der Waals surface area contributed by atoms with Gasteiger partial charge in [0.15, 0.2) is 5.82 Å². The van der Waals surface area contributed by atoms with Gasteiger partial charge in [0.1, 0.15) is 5.69 Å². The molecule has 1 fully saturated rings. The van der Waals surface area contributed by atoms with E-state index >= 15 is 0 Å². The number of amides is 2. The Morgan fingerprint density at radius 2 is 1.74 bits per heavy atom. The van der Waals surface area contributed by atoms with Crippen molar-refractivity contribution in [3.63, 3.8) is 0 Å². The molecule has 1 saturated heterocycles. The average Bonchev–Trinajstić information content (AvgIpc) is 3.77. The van der Waals surface area contributed by atoms with Crippen molar-refractivity contribution < 1.29 is 14.4 Å². The second kappa shape index (κ2) is 13.0. The third-order valence-corrected chi connectivity index (χ3v) is 8.74. The smallest absolute Gasteiger partial charge is 0.255 e. The van der Waals surface area contributed by atoms with E-state index in [2.05, 4.69) is 48.3 Å². The van der Waals surface area contributed by atoms with Gasteiger partial charge in [-0.15, -0.1) is 0 Å². The molecule has 11 nitrogen and oxygen atoms in total. The topological polar surface area (TPSA) is 120 Å². The third-order valence-electron chi connectivity index (χ3n) is 8.74. The van der Waals surface area contributed by atoms with E-state index in [1.165, 1.54) is 17.7 Å². The minimum atomic E-state index is -0.274. The first-order chi connectivity index (χ1) is 22.6. The lowest BCUT2D eigenvalue weighted by Gasteiger charge is -2.28. The fourth-order valence-electron chi connectivity index (χ4n) is 6.26. The lowest BCUT2D eigenvalue weighted by atomic mass is 9.98. The molecule has 232 valence electrons. The number of nitrogens with one attached hydrogen (secondary N) is 1. The second-order valence-corrected chi connectivity index (χ2v) is 11.5. The molecule has 11 heteroatoms. The molecule has 7 rings (SSSR count). The van der Waals surface area contributed by atoms with Crippen molar-refractivity contribution in [1.29, 1.82) is 0 Å². The Hall–Kier alpha value is -5.26. The Kier molecular flexibility index (Phi) is 8.32. The standard InChI is InChI=1S/C35H34N8O3/c1-46-43(29-7-8-31-30(21-29)33(40-39-31)26-9-16-36-17-10-26)35(45)28-11-18-41(22-28)23-32(44)42-19-12-25(13-20-42)24-3-5-27(6-4-24)34-37-14-2-15-38-34/h2-10,12,14-17,21,28H,11,13,18-20,22-23H2,1H3,(H,39,40). The SMILES string of the molecule is CON(C(=O)C1CCN(CC(=O)N2CC=C(c3ccc(-c4ncccn4)cc3)CC2)C1)c1ccc2[nH]nc(-c3ccncc3)c2c1. The summed E-state index contributed by atoms with van der Waals surface area (Å²) in [5.74, 6) is 0.388. The van der Waals surface area contributed by atoms with Crippen LogP contribution < -0.4 is 5.06 Å². The summed E-state index contributed by atoms with van der Waals surface area (Å²) in [4.78, 5) is 49.2. The molecule has 5 heterocycles. The molecule has 5 aromatic rings. The van der Waals surface area contributed by atoms with Gasteiger partial charge in [0.25, 0.3) is 5.91 Å².